The molecule has 178 valence electrons. The summed E-state index contributed by atoms with van der Waals surface area (Å²) >= 11 is 0. The van der Waals surface area contributed by atoms with Gasteiger partial charge in [0.15, 0.2) is 12.2 Å². The molecule has 0 spiro atoms. The third kappa shape index (κ3) is 5.24. The van der Waals surface area contributed by atoms with Gasteiger partial charge in [-0.3, -0.25) is 9.69 Å². The Balaban J connectivity index is 0.000000262. The first-order valence-electron chi connectivity index (χ1n) is 10.7. The van der Waals surface area contributed by atoms with E-state index in [4.69, 9.17) is 26.2 Å². The first-order chi connectivity index (χ1) is 15.6. The van der Waals surface area contributed by atoms with Crippen LogP contribution in [-0.2, 0) is 20.8 Å². The summed E-state index contributed by atoms with van der Waals surface area (Å²) in [5.74, 6) is -2.92. The van der Waals surface area contributed by atoms with Crippen LogP contribution in [0.3, 0.4) is 0 Å². The smallest absolute Gasteiger partial charge is 0.335 e. The van der Waals surface area contributed by atoms with Gasteiger partial charge in [0.2, 0.25) is 5.91 Å². The molecule has 2 heterocycles. The lowest BCUT2D eigenvalue weighted by atomic mass is 9.71. The van der Waals surface area contributed by atoms with Crippen LogP contribution >= 0.6 is 0 Å². The third-order valence-electron chi connectivity index (χ3n) is 6.32. The molecule has 2 aliphatic rings. The van der Waals surface area contributed by atoms with Crippen LogP contribution in [0, 0.1) is 5.92 Å². The van der Waals surface area contributed by atoms with Crippen LogP contribution in [0.1, 0.15) is 29.9 Å². The zero-order valence-corrected chi connectivity index (χ0v) is 18.1. The maximum atomic E-state index is 11.4. The number of carboxylic acid groups (broad SMARTS) is 2. The number of aliphatic carboxylic acids is 2. The Morgan fingerprint density at radius 1 is 1.21 bits per heavy atom. The number of carbonyl (C=O) groups is 3. The van der Waals surface area contributed by atoms with Crippen LogP contribution in [0.4, 0.5) is 0 Å². The zero-order valence-electron chi connectivity index (χ0n) is 18.1. The number of carboxylic acids is 2. The summed E-state index contributed by atoms with van der Waals surface area (Å²) in [4.78, 5) is 36.9. The first kappa shape index (κ1) is 24.4. The number of aliphatic hydroxyl groups is 2. The van der Waals surface area contributed by atoms with E-state index < -0.39 is 24.1 Å². The number of aromatic amines is 1. The fraction of sp³-hybridized carbons (Fsp3) is 0.435. The Morgan fingerprint density at radius 3 is 2.45 bits per heavy atom. The Labute approximate surface area is 190 Å². The highest BCUT2D eigenvalue weighted by Crippen LogP contribution is 2.45. The average Bonchev–Trinajstić information content (AvgIpc) is 3.18. The predicted octanol–water partition coefficient (Wildman–Crippen LogP) is 0.437. The predicted molar refractivity (Wildman–Crippen MR) is 120 cm³/mol. The number of nitrogens with one attached hydrogen (secondary N) is 1. The molecule has 1 aromatic carbocycles. The van der Waals surface area contributed by atoms with Crippen molar-refractivity contribution >= 4 is 28.7 Å². The summed E-state index contributed by atoms with van der Waals surface area (Å²) in [7, 11) is 0. The Bertz CT molecular complexity index is 1030. The van der Waals surface area contributed by atoms with Crippen molar-refractivity contribution in [3.8, 4) is 0 Å². The average molecular weight is 459 g/mol. The van der Waals surface area contributed by atoms with Gasteiger partial charge >= 0.3 is 11.9 Å². The van der Waals surface area contributed by atoms with Crippen LogP contribution < -0.4 is 5.73 Å². The number of rotatable bonds is 7. The van der Waals surface area contributed by atoms with Crippen molar-refractivity contribution in [1.82, 2.24) is 9.88 Å². The van der Waals surface area contributed by atoms with Crippen LogP contribution in [0.15, 0.2) is 37.1 Å². The van der Waals surface area contributed by atoms with E-state index in [1.54, 1.807) is 0 Å². The molecule has 1 aliphatic heterocycles. The van der Waals surface area contributed by atoms with E-state index in [2.05, 4.69) is 40.9 Å². The van der Waals surface area contributed by atoms with Gasteiger partial charge in [-0.05, 0) is 36.0 Å². The van der Waals surface area contributed by atoms with E-state index in [0.29, 0.717) is 24.3 Å². The fourth-order valence-electron chi connectivity index (χ4n) is 4.98. The van der Waals surface area contributed by atoms with Crippen LogP contribution in [-0.4, -0.2) is 79.5 Å². The number of aliphatic hydroxyl groups excluding tert-OH is 2. The number of H-pyrrole nitrogens is 1. The summed E-state index contributed by atoms with van der Waals surface area (Å²) in [5, 5.41) is 33.9. The molecule has 7 N–H and O–H groups in total. The van der Waals surface area contributed by atoms with E-state index >= 15 is 0 Å². The van der Waals surface area contributed by atoms with E-state index in [1.807, 2.05) is 6.08 Å². The normalized spacial score (nSPS) is 23.5. The standard InChI is InChI=1S/C19H23N3O.C4H6O6/c1-2-6-22-11-12(8-18(20)23)7-15-14-4-3-5-16-19(14)13(10-21-16)9-17(15)22;5-1(3(7)8)2(6)4(9)10/h2-5,10,12,15,17,21H,1,6-9,11H2,(H2,20,23);1-2,5-6H,(H,7,8)(H,9,10)/t12-,15+,17+;1-,2-/m01/s1. The highest BCUT2D eigenvalue weighted by molar-refractivity contribution is 5.88. The van der Waals surface area contributed by atoms with Gasteiger partial charge in [-0.1, -0.05) is 18.2 Å². The van der Waals surface area contributed by atoms with Gasteiger partial charge < -0.3 is 31.1 Å². The molecule has 10 nitrogen and oxygen atoms in total. The number of benzene rings is 1. The number of nitrogens with zero attached hydrogens (tertiary/aromatic N) is 1. The number of likely N-dealkylation sites (tertiary alicyclic amines) is 1. The van der Waals surface area contributed by atoms with Crippen molar-refractivity contribution in [3.63, 3.8) is 0 Å². The Kier molecular flexibility index (Phi) is 7.52. The van der Waals surface area contributed by atoms with E-state index in [1.165, 1.54) is 22.0 Å². The molecule has 0 bridgehead atoms. The number of amides is 1. The van der Waals surface area contributed by atoms with Crippen molar-refractivity contribution in [1.29, 1.82) is 0 Å². The van der Waals surface area contributed by atoms with Gasteiger partial charge in [0.25, 0.3) is 0 Å². The number of piperidine rings is 1. The maximum absolute atomic E-state index is 11.4. The minimum Gasteiger partial charge on any atom is -0.479 e. The zero-order chi connectivity index (χ0) is 24.3. The van der Waals surface area contributed by atoms with Crippen molar-refractivity contribution < 1.29 is 34.8 Å². The van der Waals surface area contributed by atoms with Gasteiger partial charge in [-0.25, -0.2) is 9.59 Å². The van der Waals surface area contributed by atoms with Gasteiger partial charge in [0.1, 0.15) is 0 Å². The largest absolute Gasteiger partial charge is 0.479 e. The molecule has 2 aromatic rings. The van der Waals surface area contributed by atoms with Crippen molar-refractivity contribution in [3.05, 3.63) is 48.2 Å². The monoisotopic (exact) mass is 459 g/mol. The lowest BCUT2D eigenvalue weighted by molar-refractivity contribution is -0.165. The molecule has 1 saturated heterocycles. The molecule has 1 fully saturated rings. The quantitative estimate of drug-likeness (QED) is 0.323. The van der Waals surface area contributed by atoms with Gasteiger partial charge in [0, 0.05) is 48.6 Å². The fourth-order valence-corrected chi connectivity index (χ4v) is 4.98. The highest BCUT2D eigenvalue weighted by Gasteiger charge is 2.40. The Hall–Kier alpha value is -3.21. The van der Waals surface area contributed by atoms with Crippen molar-refractivity contribution in [2.24, 2.45) is 11.7 Å². The van der Waals surface area contributed by atoms with Crippen LogP contribution in [0.5, 0.6) is 0 Å². The number of hydrogen-bond acceptors (Lipinski definition) is 6. The molecule has 4 rings (SSSR count). The maximum Gasteiger partial charge on any atom is 0.335 e. The van der Waals surface area contributed by atoms with E-state index in [0.717, 1.165) is 25.9 Å². The first-order valence-corrected chi connectivity index (χ1v) is 10.7. The second-order valence-electron chi connectivity index (χ2n) is 8.54. The van der Waals surface area contributed by atoms with Gasteiger partial charge in [0.05, 0.1) is 0 Å². The summed E-state index contributed by atoms with van der Waals surface area (Å²) in [6, 6.07) is 7.03. The van der Waals surface area contributed by atoms with Crippen molar-refractivity contribution in [2.75, 3.05) is 13.1 Å². The second-order valence-corrected chi connectivity index (χ2v) is 8.54. The SMILES string of the molecule is C=CCN1C[C@H](CC(N)=O)C[C@@H]2c3cccc4[nH]cc(c34)C[C@H]21.O=C(O)[C@H](O)[C@@H](O)C(=O)O. The number of aromatic nitrogens is 1. The lowest BCUT2D eigenvalue weighted by Gasteiger charge is -2.46. The molecule has 5 atom stereocenters. The second kappa shape index (κ2) is 10.2. The minimum absolute atomic E-state index is 0.191. The summed E-state index contributed by atoms with van der Waals surface area (Å²) in [5.41, 5.74) is 9.53. The molecule has 1 aliphatic carbocycles. The number of carbonyl (C=O) groups excluding carboxylic acids is 1. The number of nitrogens with two attached hydrogens (primary N) is 1. The van der Waals surface area contributed by atoms with Gasteiger partial charge in [-0.2, -0.15) is 0 Å². The van der Waals surface area contributed by atoms with Crippen LogP contribution in [0.2, 0.25) is 0 Å². The molecule has 33 heavy (non-hydrogen) atoms. The molecule has 1 aromatic heterocycles. The van der Waals surface area contributed by atoms with E-state index in [9.17, 15) is 14.4 Å². The molecule has 1 amide bonds. The third-order valence-corrected chi connectivity index (χ3v) is 6.32. The topological polar surface area (TPSA) is 177 Å². The number of primary amides is 1. The van der Waals surface area contributed by atoms with Crippen molar-refractivity contribution in [2.45, 2.75) is 43.4 Å². The molecule has 0 unspecified atom stereocenters. The molecular formula is C23H29N3O7. The summed E-state index contributed by atoms with van der Waals surface area (Å²) in [6.45, 7) is 5.72. The summed E-state index contributed by atoms with van der Waals surface area (Å²) < 4.78 is 0. The van der Waals surface area contributed by atoms with Gasteiger partial charge in [-0.15, -0.1) is 6.58 Å². The lowest BCUT2D eigenvalue weighted by Crippen LogP contribution is -2.50. The number of fused-ring (bicyclic) bond motifs is 2. The summed E-state index contributed by atoms with van der Waals surface area (Å²) in [6.07, 6.45) is 2.19. The Morgan fingerprint density at radius 2 is 1.88 bits per heavy atom. The highest BCUT2D eigenvalue weighted by atomic mass is 16.4. The van der Waals surface area contributed by atoms with Crippen LogP contribution in [0.25, 0.3) is 10.9 Å². The molecular weight excluding hydrogens is 430 g/mol. The van der Waals surface area contributed by atoms with E-state index in [-0.39, 0.29) is 5.91 Å². The minimum atomic E-state index is -2.27. The molecule has 0 saturated carbocycles. The number of hydrogen-bond donors (Lipinski definition) is 6. The molecule has 0 radical (unpaired) electrons. The molecule has 10 heteroatoms.